The molecule has 0 amide bonds. The van der Waals surface area contributed by atoms with Crippen LogP contribution < -0.4 is 5.32 Å². The molecule has 0 aromatic carbocycles. The minimum absolute atomic E-state index is 0.468. The molecule has 0 bridgehead atoms. The summed E-state index contributed by atoms with van der Waals surface area (Å²) in [4.78, 5) is 2.72. The van der Waals surface area contributed by atoms with Gasteiger partial charge in [-0.05, 0) is 44.6 Å². The topological polar surface area (TPSA) is 24.5 Å². The minimum atomic E-state index is 0.468. The Morgan fingerprint density at radius 2 is 2.00 bits per heavy atom. The van der Waals surface area contributed by atoms with Gasteiger partial charge in [-0.2, -0.15) is 0 Å². The van der Waals surface area contributed by atoms with Crippen LogP contribution in [-0.2, 0) is 4.74 Å². The molecule has 3 rings (SSSR count). The monoisotopic (exact) mass is 266 g/mol. The van der Waals surface area contributed by atoms with Gasteiger partial charge in [-0.3, -0.25) is 4.90 Å². The maximum atomic E-state index is 5.89. The summed E-state index contributed by atoms with van der Waals surface area (Å²) in [7, 11) is 0. The van der Waals surface area contributed by atoms with E-state index in [-0.39, 0.29) is 0 Å². The molecule has 3 aliphatic heterocycles. The fourth-order valence-electron chi connectivity index (χ4n) is 4.19. The maximum absolute atomic E-state index is 5.89. The largest absolute Gasteiger partial charge is 0.378 e. The van der Waals surface area contributed by atoms with E-state index in [2.05, 4.69) is 24.1 Å². The van der Waals surface area contributed by atoms with E-state index < -0.39 is 0 Å². The molecule has 0 aromatic rings. The van der Waals surface area contributed by atoms with Crippen molar-refractivity contribution in [3.63, 3.8) is 0 Å². The van der Waals surface area contributed by atoms with Crippen LogP contribution in [0.2, 0.25) is 0 Å². The van der Waals surface area contributed by atoms with Crippen molar-refractivity contribution < 1.29 is 4.74 Å². The zero-order valence-corrected chi connectivity index (χ0v) is 12.6. The van der Waals surface area contributed by atoms with Gasteiger partial charge in [0, 0.05) is 31.3 Å². The lowest BCUT2D eigenvalue weighted by Crippen LogP contribution is -2.50. The number of ether oxygens (including phenoxy) is 1. The molecular weight excluding hydrogens is 236 g/mol. The van der Waals surface area contributed by atoms with E-state index in [0.29, 0.717) is 18.1 Å². The second kappa shape index (κ2) is 6.11. The molecule has 3 saturated heterocycles. The summed E-state index contributed by atoms with van der Waals surface area (Å²) >= 11 is 0. The van der Waals surface area contributed by atoms with Gasteiger partial charge >= 0.3 is 0 Å². The second-order valence-corrected chi connectivity index (χ2v) is 7.04. The number of nitrogens with zero attached hydrogens (tertiary/aromatic N) is 1. The van der Waals surface area contributed by atoms with Crippen molar-refractivity contribution in [2.45, 2.75) is 76.6 Å². The summed E-state index contributed by atoms with van der Waals surface area (Å²) in [6, 6.07) is 2.26. The lowest BCUT2D eigenvalue weighted by molar-refractivity contribution is -0.0267. The van der Waals surface area contributed by atoms with Crippen molar-refractivity contribution in [1.82, 2.24) is 10.2 Å². The van der Waals surface area contributed by atoms with Crippen molar-refractivity contribution in [3.05, 3.63) is 0 Å². The van der Waals surface area contributed by atoms with E-state index in [1.807, 2.05) is 0 Å². The summed E-state index contributed by atoms with van der Waals surface area (Å²) < 4.78 is 5.89. The predicted octanol–water partition coefficient (Wildman–Crippen LogP) is 2.41. The third-order valence-electron chi connectivity index (χ3n) is 5.36. The highest BCUT2D eigenvalue weighted by Crippen LogP contribution is 2.29. The van der Waals surface area contributed by atoms with E-state index in [0.717, 1.165) is 18.7 Å². The third-order valence-corrected chi connectivity index (χ3v) is 5.36. The van der Waals surface area contributed by atoms with Gasteiger partial charge in [0.15, 0.2) is 0 Å². The molecule has 0 aliphatic carbocycles. The van der Waals surface area contributed by atoms with Crippen LogP contribution in [0, 0.1) is 5.92 Å². The molecule has 3 nitrogen and oxygen atoms in total. The lowest BCUT2D eigenvalue weighted by Gasteiger charge is -2.37. The van der Waals surface area contributed by atoms with Gasteiger partial charge in [-0.25, -0.2) is 0 Å². The first-order valence-electron chi connectivity index (χ1n) is 8.35. The van der Waals surface area contributed by atoms with Gasteiger partial charge in [-0.1, -0.05) is 20.3 Å². The molecular formula is C16H30N2O. The SMILES string of the molecule is CC(C)C1CC(NC2CCN3CCCCC23)CCO1. The van der Waals surface area contributed by atoms with Crippen LogP contribution >= 0.6 is 0 Å². The fourth-order valence-corrected chi connectivity index (χ4v) is 4.19. The Balaban J connectivity index is 1.53. The molecule has 3 aliphatic rings. The average Bonchev–Trinajstić information content (AvgIpc) is 2.83. The lowest BCUT2D eigenvalue weighted by atomic mass is 9.93. The van der Waals surface area contributed by atoms with Gasteiger partial charge in [-0.15, -0.1) is 0 Å². The molecule has 19 heavy (non-hydrogen) atoms. The van der Waals surface area contributed by atoms with Crippen LogP contribution in [0.3, 0.4) is 0 Å². The summed E-state index contributed by atoms with van der Waals surface area (Å²) in [5.74, 6) is 0.652. The van der Waals surface area contributed by atoms with Gasteiger partial charge in [0.05, 0.1) is 6.10 Å². The predicted molar refractivity (Wildman–Crippen MR) is 78.4 cm³/mol. The molecule has 4 atom stereocenters. The van der Waals surface area contributed by atoms with E-state index in [1.165, 1.54) is 51.6 Å². The highest BCUT2D eigenvalue weighted by molar-refractivity contribution is 4.96. The summed E-state index contributed by atoms with van der Waals surface area (Å²) in [5, 5.41) is 3.98. The van der Waals surface area contributed by atoms with Gasteiger partial charge in [0.25, 0.3) is 0 Å². The molecule has 3 fully saturated rings. The minimum Gasteiger partial charge on any atom is -0.378 e. The van der Waals surface area contributed by atoms with E-state index >= 15 is 0 Å². The van der Waals surface area contributed by atoms with Crippen molar-refractivity contribution in [1.29, 1.82) is 0 Å². The maximum Gasteiger partial charge on any atom is 0.0612 e. The molecule has 0 spiro atoms. The van der Waals surface area contributed by atoms with Crippen molar-refractivity contribution in [3.8, 4) is 0 Å². The average molecular weight is 266 g/mol. The Morgan fingerprint density at radius 1 is 1.11 bits per heavy atom. The zero-order chi connectivity index (χ0) is 13.2. The Labute approximate surface area is 118 Å². The molecule has 0 radical (unpaired) electrons. The standard InChI is InChI=1S/C16H30N2O/c1-12(2)16-11-13(7-10-19-16)17-14-6-9-18-8-4-3-5-15(14)18/h12-17H,3-11H2,1-2H3. The quantitative estimate of drug-likeness (QED) is 0.849. The number of fused-ring (bicyclic) bond motifs is 1. The Bertz CT molecular complexity index is 294. The van der Waals surface area contributed by atoms with Gasteiger partial charge in [0.2, 0.25) is 0 Å². The number of hydrogen-bond acceptors (Lipinski definition) is 3. The highest BCUT2D eigenvalue weighted by atomic mass is 16.5. The second-order valence-electron chi connectivity index (χ2n) is 7.04. The van der Waals surface area contributed by atoms with Gasteiger partial charge < -0.3 is 10.1 Å². The Morgan fingerprint density at radius 3 is 2.84 bits per heavy atom. The number of hydrogen-bond donors (Lipinski definition) is 1. The van der Waals surface area contributed by atoms with Crippen molar-refractivity contribution >= 4 is 0 Å². The molecule has 0 saturated carbocycles. The number of rotatable bonds is 3. The first kappa shape index (κ1) is 13.8. The Hall–Kier alpha value is -0.120. The summed E-state index contributed by atoms with van der Waals surface area (Å²) in [6.07, 6.45) is 8.49. The third kappa shape index (κ3) is 3.14. The van der Waals surface area contributed by atoms with E-state index in [1.54, 1.807) is 0 Å². The smallest absolute Gasteiger partial charge is 0.0612 e. The number of nitrogens with one attached hydrogen (secondary N) is 1. The fraction of sp³-hybridized carbons (Fsp3) is 1.00. The van der Waals surface area contributed by atoms with Crippen LogP contribution in [0.1, 0.15) is 52.4 Å². The highest BCUT2D eigenvalue weighted by Gasteiger charge is 2.37. The van der Waals surface area contributed by atoms with Crippen LogP contribution in [0.5, 0.6) is 0 Å². The normalized spacial score (nSPS) is 40.6. The first-order valence-corrected chi connectivity index (χ1v) is 8.35. The molecule has 4 unspecified atom stereocenters. The number of piperidine rings is 1. The summed E-state index contributed by atoms with van der Waals surface area (Å²) in [6.45, 7) is 8.17. The molecule has 3 heterocycles. The van der Waals surface area contributed by atoms with E-state index in [4.69, 9.17) is 4.74 Å². The molecule has 1 N–H and O–H groups in total. The van der Waals surface area contributed by atoms with Gasteiger partial charge in [0.1, 0.15) is 0 Å². The zero-order valence-electron chi connectivity index (χ0n) is 12.6. The van der Waals surface area contributed by atoms with Crippen molar-refractivity contribution in [2.24, 2.45) is 5.92 Å². The van der Waals surface area contributed by atoms with E-state index in [9.17, 15) is 0 Å². The van der Waals surface area contributed by atoms with Crippen molar-refractivity contribution in [2.75, 3.05) is 19.7 Å². The summed E-state index contributed by atoms with van der Waals surface area (Å²) in [5.41, 5.74) is 0. The molecule has 110 valence electrons. The van der Waals surface area contributed by atoms with Crippen LogP contribution in [0.15, 0.2) is 0 Å². The van der Waals surface area contributed by atoms with Crippen LogP contribution in [0.25, 0.3) is 0 Å². The van der Waals surface area contributed by atoms with Crippen LogP contribution in [0.4, 0.5) is 0 Å². The molecule has 3 heteroatoms. The Kier molecular flexibility index (Phi) is 4.45. The van der Waals surface area contributed by atoms with Crippen LogP contribution in [-0.4, -0.2) is 48.8 Å². The molecule has 0 aromatic heterocycles. The first-order chi connectivity index (χ1) is 9.24.